The molecule has 2 aromatic heterocycles. The minimum Gasteiger partial charge on any atom is -0.353 e. The molecule has 1 unspecified atom stereocenters. The van der Waals surface area contributed by atoms with Crippen LogP contribution in [0.4, 0.5) is 0 Å². The molecule has 0 bridgehead atoms. The first-order valence-electron chi connectivity index (χ1n) is 9.07. The second kappa shape index (κ2) is 7.64. The first kappa shape index (κ1) is 18.0. The van der Waals surface area contributed by atoms with E-state index in [0.29, 0.717) is 34.5 Å². The molecule has 0 saturated carbocycles. The van der Waals surface area contributed by atoms with Crippen LogP contribution in [0.1, 0.15) is 45.2 Å². The summed E-state index contributed by atoms with van der Waals surface area (Å²) in [6.45, 7) is 7.37. The fourth-order valence-electron chi connectivity index (χ4n) is 3.56. The van der Waals surface area contributed by atoms with Gasteiger partial charge >= 0.3 is 0 Å². The Bertz CT molecular complexity index is 826. The van der Waals surface area contributed by atoms with Crippen LogP contribution in [0.25, 0.3) is 11.0 Å². The van der Waals surface area contributed by atoms with Crippen LogP contribution in [-0.2, 0) is 11.3 Å². The number of aromatic amines is 1. The summed E-state index contributed by atoms with van der Waals surface area (Å²) in [5.41, 5.74) is 2.06. The number of fused-ring (bicyclic) bond motifs is 1. The zero-order chi connectivity index (χ0) is 18.0. The van der Waals surface area contributed by atoms with E-state index in [2.05, 4.69) is 16.9 Å². The van der Waals surface area contributed by atoms with E-state index in [0.717, 1.165) is 31.5 Å². The average molecular weight is 362 g/mol. The molecule has 7 heteroatoms. The number of nitrogens with one attached hydrogen (secondary N) is 1. The number of rotatable bonds is 5. The normalized spacial score (nSPS) is 18.0. The van der Waals surface area contributed by atoms with Gasteiger partial charge in [0.1, 0.15) is 5.52 Å². The van der Waals surface area contributed by atoms with E-state index in [1.54, 1.807) is 4.57 Å². The van der Waals surface area contributed by atoms with Crippen molar-refractivity contribution in [3.05, 3.63) is 22.1 Å². The van der Waals surface area contributed by atoms with Crippen molar-refractivity contribution < 1.29 is 4.79 Å². The highest BCUT2D eigenvalue weighted by Gasteiger charge is 2.25. The molecular formula is C18H26N4O2S. The van der Waals surface area contributed by atoms with Crippen molar-refractivity contribution >= 4 is 28.7 Å². The Morgan fingerprint density at radius 2 is 2.20 bits per heavy atom. The number of likely N-dealkylation sites (tertiary alicyclic amines) is 1. The monoisotopic (exact) mass is 362 g/mol. The molecule has 2 aromatic rings. The Balaban J connectivity index is 1.80. The minimum atomic E-state index is -0.0695. The molecule has 3 rings (SSSR count). The highest BCUT2D eigenvalue weighted by molar-refractivity contribution is 7.99. The van der Waals surface area contributed by atoms with Crippen molar-refractivity contribution in [2.45, 2.75) is 64.2 Å². The van der Waals surface area contributed by atoms with Crippen molar-refractivity contribution in [2.24, 2.45) is 0 Å². The summed E-state index contributed by atoms with van der Waals surface area (Å²) in [6.07, 6.45) is 4.39. The molecule has 1 atom stereocenters. The highest BCUT2D eigenvalue weighted by Crippen LogP contribution is 2.23. The molecule has 1 N–H and O–H groups in total. The van der Waals surface area contributed by atoms with Gasteiger partial charge in [0.2, 0.25) is 5.91 Å². The number of piperidine rings is 1. The van der Waals surface area contributed by atoms with Crippen LogP contribution in [-0.4, -0.2) is 43.7 Å². The predicted octanol–water partition coefficient (Wildman–Crippen LogP) is 2.94. The van der Waals surface area contributed by atoms with Gasteiger partial charge in [-0.3, -0.25) is 14.2 Å². The third kappa shape index (κ3) is 3.61. The topological polar surface area (TPSA) is 71.0 Å². The predicted molar refractivity (Wildman–Crippen MR) is 101 cm³/mol. The standard InChI is InChI=1S/C18H26N4O2S/c1-4-13-8-6-7-9-22(13)15(23)11-25-18-20-14-10-12(3)19-16(14)17(24)21(18)5-2/h10,13,19H,4-9,11H2,1-3H3. The fraction of sp³-hybridized carbons (Fsp3) is 0.611. The van der Waals surface area contributed by atoms with Crippen LogP contribution in [0.2, 0.25) is 0 Å². The summed E-state index contributed by atoms with van der Waals surface area (Å²) in [4.78, 5) is 35.0. The third-order valence-electron chi connectivity index (χ3n) is 4.90. The molecule has 0 spiro atoms. The Labute approximate surface area is 152 Å². The number of amides is 1. The molecule has 136 valence electrons. The van der Waals surface area contributed by atoms with Gasteiger partial charge in [-0.2, -0.15) is 0 Å². The lowest BCUT2D eigenvalue weighted by Gasteiger charge is -2.35. The lowest BCUT2D eigenvalue weighted by Crippen LogP contribution is -2.44. The SMILES string of the molecule is CCC1CCCCN1C(=O)CSc1nc2cc(C)[nH]c2c(=O)n1CC. The summed E-state index contributed by atoms with van der Waals surface area (Å²) in [6, 6.07) is 2.23. The Kier molecular flexibility index (Phi) is 5.51. The number of H-pyrrole nitrogens is 1. The molecule has 0 aromatic carbocycles. The van der Waals surface area contributed by atoms with Gasteiger partial charge in [-0.15, -0.1) is 0 Å². The van der Waals surface area contributed by atoms with E-state index >= 15 is 0 Å². The zero-order valence-electron chi connectivity index (χ0n) is 15.2. The Morgan fingerprint density at radius 3 is 2.92 bits per heavy atom. The van der Waals surface area contributed by atoms with E-state index in [1.807, 2.05) is 24.8 Å². The van der Waals surface area contributed by atoms with Gasteiger partial charge in [-0.25, -0.2) is 4.98 Å². The smallest absolute Gasteiger partial charge is 0.278 e. The summed E-state index contributed by atoms with van der Waals surface area (Å²) < 4.78 is 1.64. The molecule has 3 heterocycles. The van der Waals surface area contributed by atoms with Gasteiger partial charge in [0, 0.05) is 24.8 Å². The third-order valence-corrected chi connectivity index (χ3v) is 5.86. The number of nitrogens with zero attached hydrogens (tertiary/aromatic N) is 3. The van der Waals surface area contributed by atoms with Crippen LogP contribution in [0, 0.1) is 6.92 Å². The summed E-state index contributed by atoms with van der Waals surface area (Å²) in [5, 5.41) is 0.623. The van der Waals surface area contributed by atoms with Gasteiger partial charge in [-0.1, -0.05) is 18.7 Å². The van der Waals surface area contributed by atoms with Crippen LogP contribution < -0.4 is 5.56 Å². The number of aryl methyl sites for hydroxylation is 1. The molecule has 1 amide bonds. The van der Waals surface area contributed by atoms with E-state index in [9.17, 15) is 9.59 Å². The number of hydrogen-bond donors (Lipinski definition) is 1. The molecule has 6 nitrogen and oxygen atoms in total. The van der Waals surface area contributed by atoms with E-state index in [1.165, 1.54) is 18.2 Å². The van der Waals surface area contributed by atoms with Crippen molar-refractivity contribution in [1.82, 2.24) is 19.4 Å². The lowest BCUT2D eigenvalue weighted by atomic mass is 10.0. The largest absolute Gasteiger partial charge is 0.353 e. The fourth-order valence-corrected chi connectivity index (χ4v) is 4.51. The van der Waals surface area contributed by atoms with Crippen molar-refractivity contribution in [2.75, 3.05) is 12.3 Å². The number of hydrogen-bond acceptors (Lipinski definition) is 4. The maximum Gasteiger partial charge on any atom is 0.278 e. The Hall–Kier alpha value is -1.76. The van der Waals surface area contributed by atoms with Crippen molar-refractivity contribution in [3.8, 4) is 0 Å². The highest BCUT2D eigenvalue weighted by atomic mass is 32.2. The molecule has 0 aliphatic carbocycles. The molecule has 25 heavy (non-hydrogen) atoms. The van der Waals surface area contributed by atoms with E-state index in [-0.39, 0.29) is 11.5 Å². The number of carbonyl (C=O) groups is 1. The van der Waals surface area contributed by atoms with Gasteiger partial charge < -0.3 is 9.88 Å². The van der Waals surface area contributed by atoms with E-state index < -0.39 is 0 Å². The molecule has 1 aliphatic heterocycles. The van der Waals surface area contributed by atoms with Crippen LogP contribution >= 0.6 is 11.8 Å². The second-order valence-corrected chi connectivity index (χ2v) is 7.53. The van der Waals surface area contributed by atoms with Crippen LogP contribution in [0.3, 0.4) is 0 Å². The van der Waals surface area contributed by atoms with E-state index in [4.69, 9.17) is 0 Å². The van der Waals surface area contributed by atoms with Gasteiger partial charge in [0.05, 0.1) is 11.3 Å². The molecular weight excluding hydrogens is 336 g/mol. The van der Waals surface area contributed by atoms with Gasteiger partial charge in [0.25, 0.3) is 5.56 Å². The molecule has 0 radical (unpaired) electrons. The van der Waals surface area contributed by atoms with Gasteiger partial charge in [0.15, 0.2) is 5.16 Å². The maximum atomic E-state index is 12.7. The number of thioether (sulfide) groups is 1. The van der Waals surface area contributed by atoms with Crippen molar-refractivity contribution in [1.29, 1.82) is 0 Å². The molecule has 1 aliphatic rings. The number of aromatic nitrogens is 3. The average Bonchev–Trinajstić information content (AvgIpc) is 3.00. The maximum absolute atomic E-state index is 12.7. The first-order valence-corrected chi connectivity index (χ1v) is 10.1. The minimum absolute atomic E-state index is 0.0695. The lowest BCUT2D eigenvalue weighted by molar-refractivity contribution is -0.132. The number of carbonyl (C=O) groups excluding carboxylic acids is 1. The molecule has 1 fully saturated rings. The quantitative estimate of drug-likeness (QED) is 0.656. The first-order chi connectivity index (χ1) is 12.0. The summed E-state index contributed by atoms with van der Waals surface area (Å²) >= 11 is 1.37. The van der Waals surface area contributed by atoms with Crippen LogP contribution in [0.5, 0.6) is 0 Å². The van der Waals surface area contributed by atoms with Gasteiger partial charge in [-0.05, 0) is 45.6 Å². The molecule has 1 saturated heterocycles. The summed E-state index contributed by atoms with van der Waals surface area (Å²) in [7, 11) is 0. The zero-order valence-corrected chi connectivity index (χ0v) is 16.0. The van der Waals surface area contributed by atoms with Crippen LogP contribution in [0.15, 0.2) is 16.0 Å². The summed E-state index contributed by atoms with van der Waals surface area (Å²) in [5.74, 6) is 0.483. The second-order valence-electron chi connectivity index (χ2n) is 6.59. The van der Waals surface area contributed by atoms with Crippen molar-refractivity contribution in [3.63, 3.8) is 0 Å². The Morgan fingerprint density at radius 1 is 1.40 bits per heavy atom.